The molecule has 4 aromatic rings. The normalized spacial score (nSPS) is 17.7. The largest absolute Gasteiger partial charge is 0.493 e. The van der Waals surface area contributed by atoms with E-state index in [4.69, 9.17) is 21.1 Å². The van der Waals surface area contributed by atoms with Crippen molar-refractivity contribution < 1.29 is 19.1 Å². The van der Waals surface area contributed by atoms with Crippen LogP contribution in [-0.4, -0.2) is 18.9 Å². The zero-order chi connectivity index (χ0) is 27.3. The van der Waals surface area contributed by atoms with Crippen LogP contribution in [0, 0.1) is 5.41 Å². The van der Waals surface area contributed by atoms with Gasteiger partial charge in [-0.1, -0.05) is 61.8 Å². The van der Waals surface area contributed by atoms with E-state index < -0.39 is 5.97 Å². The van der Waals surface area contributed by atoms with E-state index in [1.54, 1.807) is 37.4 Å². The molecular weight excluding hydrogens is 510 g/mol. The standard InChI is InChI=1S/C33H28ClNO4/c1-33(2)17-25-31(26(36)18-33)29(30-23-7-5-4-6-19(23)10-14-24(30)35-25)21-11-15-27(28(16-21)38-3)39-32(37)20-8-12-22(34)13-9-20/h4-16,29,35H,17-18H2,1-3H3. The Bertz CT molecular complexity index is 1670. The first-order chi connectivity index (χ1) is 18.7. The van der Waals surface area contributed by atoms with Gasteiger partial charge in [-0.2, -0.15) is 0 Å². The SMILES string of the molecule is COc1cc(C2C3=C(CC(C)(C)CC3=O)Nc3ccc4ccccc4c32)ccc1OC(=O)c1ccc(Cl)cc1. The number of ether oxygens (including phenoxy) is 2. The molecule has 0 amide bonds. The molecule has 0 aromatic heterocycles. The Hall–Kier alpha value is -4.09. The summed E-state index contributed by atoms with van der Waals surface area (Å²) < 4.78 is 11.4. The molecule has 1 N–H and O–H groups in total. The molecule has 39 heavy (non-hydrogen) atoms. The van der Waals surface area contributed by atoms with E-state index >= 15 is 0 Å². The number of anilines is 1. The minimum Gasteiger partial charge on any atom is -0.493 e. The number of fused-ring (bicyclic) bond motifs is 3. The van der Waals surface area contributed by atoms with Crippen molar-refractivity contribution in [1.29, 1.82) is 0 Å². The van der Waals surface area contributed by atoms with Crippen LogP contribution in [0.2, 0.25) is 5.02 Å². The van der Waals surface area contributed by atoms with Gasteiger partial charge in [0.2, 0.25) is 0 Å². The van der Waals surface area contributed by atoms with Crippen LogP contribution in [0.5, 0.6) is 11.5 Å². The smallest absolute Gasteiger partial charge is 0.343 e. The van der Waals surface area contributed by atoms with Crippen LogP contribution in [0.4, 0.5) is 5.69 Å². The van der Waals surface area contributed by atoms with E-state index in [1.807, 2.05) is 24.3 Å². The summed E-state index contributed by atoms with van der Waals surface area (Å²) in [7, 11) is 1.55. The van der Waals surface area contributed by atoms with E-state index in [2.05, 4.69) is 43.4 Å². The summed E-state index contributed by atoms with van der Waals surface area (Å²) >= 11 is 5.96. The Morgan fingerprint density at radius 2 is 1.72 bits per heavy atom. The fourth-order valence-corrected chi connectivity index (χ4v) is 5.96. The third-order valence-electron chi connectivity index (χ3n) is 7.56. The van der Waals surface area contributed by atoms with Gasteiger partial charge in [-0.25, -0.2) is 4.79 Å². The molecule has 6 rings (SSSR count). The molecule has 0 bridgehead atoms. The van der Waals surface area contributed by atoms with Crippen molar-refractivity contribution >= 4 is 39.8 Å². The first kappa shape index (κ1) is 25.2. The monoisotopic (exact) mass is 537 g/mol. The van der Waals surface area contributed by atoms with Crippen molar-refractivity contribution in [1.82, 2.24) is 0 Å². The third kappa shape index (κ3) is 4.57. The maximum atomic E-state index is 13.7. The van der Waals surface area contributed by atoms with Crippen LogP contribution in [0.3, 0.4) is 0 Å². The molecule has 0 radical (unpaired) electrons. The number of rotatable bonds is 4. The van der Waals surface area contributed by atoms with E-state index in [0.717, 1.165) is 45.3 Å². The number of nitrogens with one attached hydrogen (secondary N) is 1. The van der Waals surface area contributed by atoms with Gasteiger partial charge >= 0.3 is 5.97 Å². The molecule has 4 aromatic carbocycles. The average Bonchev–Trinajstić information content (AvgIpc) is 2.91. The predicted molar refractivity (Wildman–Crippen MR) is 154 cm³/mol. The number of carbonyl (C=O) groups excluding carboxylic acids is 2. The number of ketones is 1. The van der Waals surface area contributed by atoms with E-state index in [1.165, 1.54) is 0 Å². The van der Waals surface area contributed by atoms with Crippen LogP contribution in [0.25, 0.3) is 10.8 Å². The molecule has 1 aliphatic carbocycles. The first-order valence-corrected chi connectivity index (χ1v) is 13.3. The molecule has 196 valence electrons. The highest BCUT2D eigenvalue weighted by Gasteiger charge is 2.41. The second-order valence-electron chi connectivity index (χ2n) is 10.9. The number of hydrogen-bond donors (Lipinski definition) is 1. The lowest BCUT2D eigenvalue weighted by Gasteiger charge is -2.40. The van der Waals surface area contributed by atoms with Crippen LogP contribution in [0.1, 0.15) is 54.1 Å². The Balaban J connectivity index is 1.47. The van der Waals surface area contributed by atoms with Gasteiger partial charge in [-0.05, 0) is 76.2 Å². The third-order valence-corrected chi connectivity index (χ3v) is 7.81. The molecule has 1 atom stereocenters. The van der Waals surface area contributed by atoms with Crippen LogP contribution in [-0.2, 0) is 4.79 Å². The zero-order valence-electron chi connectivity index (χ0n) is 22.0. The number of esters is 1. The molecule has 0 fully saturated rings. The number of methoxy groups -OCH3 is 1. The molecule has 0 saturated carbocycles. The number of benzene rings is 4. The molecule has 1 aliphatic heterocycles. The van der Waals surface area contributed by atoms with Crippen LogP contribution < -0.4 is 14.8 Å². The predicted octanol–water partition coefficient (Wildman–Crippen LogP) is 7.92. The number of allylic oxidation sites excluding steroid dienone is 2. The topological polar surface area (TPSA) is 64.6 Å². The minimum absolute atomic E-state index is 0.126. The highest BCUT2D eigenvalue weighted by molar-refractivity contribution is 6.30. The number of Topliss-reactive ketones (excluding diaryl/α,β-unsaturated/α-hetero) is 1. The van der Waals surface area contributed by atoms with Gasteiger partial charge in [0.05, 0.1) is 12.7 Å². The Kier molecular flexibility index (Phi) is 6.19. The summed E-state index contributed by atoms with van der Waals surface area (Å²) in [6.07, 6.45) is 1.27. The summed E-state index contributed by atoms with van der Waals surface area (Å²) in [6, 6.07) is 24.5. The van der Waals surface area contributed by atoms with Gasteiger partial charge in [0.15, 0.2) is 17.3 Å². The average molecular weight is 538 g/mol. The Labute approximate surface area is 232 Å². The summed E-state index contributed by atoms with van der Waals surface area (Å²) in [5.41, 5.74) is 4.99. The van der Waals surface area contributed by atoms with Crippen molar-refractivity contribution in [2.45, 2.75) is 32.6 Å². The molecule has 0 saturated heterocycles. The van der Waals surface area contributed by atoms with E-state index in [-0.39, 0.29) is 17.1 Å². The van der Waals surface area contributed by atoms with Gasteiger partial charge < -0.3 is 14.8 Å². The molecule has 0 spiro atoms. The highest BCUT2D eigenvalue weighted by atomic mass is 35.5. The fraction of sp³-hybridized carbons (Fsp3) is 0.212. The van der Waals surface area contributed by atoms with Crippen molar-refractivity contribution in [3.63, 3.8) is 0 Å². The van der Waals surface area contributed by atoms with Crippen molar-refractivity contribution in [2.24, 2.45) is 5.41 Å². The lowest BCUT2D eigenvalue weighted by molar-refractivity contribution is -0.118. The summed E-state index contributed by atoms with van der Waals surface area (Å²) in [4.78, 5) is 26.5. The van der Waals surface area contributed by atoms with Crippen LogP contribution in [0.15, 0.2) is 90.1 Å². The number of carbonyl (C=O) groups is 2. The number of halogens is 1. The van der Waals surface area contributed by atoms with Crippen LogP contribution >= 0.6 is 11.6 Å². The fourth-order valence-electron chi connectivity index (χ4n) is 5.83. The maximum Gasteiger partial charge on any atom is 0.343 e. The lowest BCUT2D eigenvalue weighted by Crippen LogP contribution is -2.33. The Morgan fingerprint density at radius 1 is 0.949 bits per heavy atom. The molecule has 6 heteroatoms. The Morgan fingerprint density at radius 3 is 2.49 bits per heavy atom. The zero-order valence-corrected chi connectivity index (χ0v) is 22.8. The molecule has 5 nitrogen and oxygen atoms in total. The van der Waals surface area contributed by atoms with Gasteiger partial charge in [-0.15, -0.1) is 0 Å². The van der Waals surface area contributed by atoms with Gasteiger partial charge in [0, 0.05) is 34.3 Å². The van der Waals surface area contributed by atoms with Gasteiger partial charge in [-0.3, -0.25) is 4.79 Å². The van der Waals surface area contributed by atoms with Gasteiger partial charge in [0.1, 0.15) is 0 Å². The summed E-state index contributed by atoms with van der Waals surface area (Å²) in [5.74, 6) is 0.0699. The van der Waals surface area contributed by atoms with E-state index in [9.17, 15) is 9.59 Å². The minimum atomic E-state index is -0.509. The van der Waals surface area contributed by atoms with Crippen molar-refractivity contribution in [3.05, 3.63) is 112 Å². The van der Waals surface area contributed by atoms with Crippen molar-refractivity contribution in [3.8, 4) is 11.5 Å². The first-order valence-electron chi connectivity index (χ1n) is 12.9. The second kappa shape index (κ2) is 9.58. The lowest BCUT2D eigenvalue weighted by atomic mass is 9.68. The van der Waals surface area contributed by atoms with Crippen molar-refractivity contribution in [2.75, 3.05) is 12.4 Å². The molecule has 1 unspecified atom stereocenters. The summed E-state index contributed by atoms with van der Waals surface area (Å²) in [5, 5.41) is 6.35. The molecule has 2 aliphatic rings. The number of hydrogen-bond acceptors (Lipinski definition) is 5. The second-order valence-corrected chi connectivity index (χ2v) is 11.4. The summed E-state index contributed by atoms with van der Waals surface area (Å²) in [6.45, 7) is 4.27. The molecule has 1 heterocycles. The molecular formula is C33H28ClNO4. The van der Waals surface area contributed by atoms with Gasteiger partial charge in [0.25, 0.3) is 0 Å². The highest BCUT2D eigenvalue weighted by Crippen LogP contribution is 2.51. The van der Waals surface area contributed by atoms with E-state index in [0.29, 0.717) is 28.5 Å². The maximum absolute atomic E-state index is 13.7. The quantitative estimate of drug-likeness (QED) is 0.211.